The monoisotopic (exact) mass is 196 g/mol. The molecule has 0 saturated carbocycles. The van der Waals surface area contributed by atoms with Crippen LogP contribution in [0.1, 0.15) is 11.6 Å². The molecule has 1 aromatic carbocycles. The maximum absolute atomic E-state index is 5.68. The molecule has 1 rings (SSSR count). The average molecular weight is 196 g/mol. The molecule has 3 N–H and O–H groups in total. The first kappa shape index (κ1) is 10.6. The van der Waals surface area contributed by atoms with Gasteiger partial charge in [-0.3, -0.25) is 0 Å². The third kappa shape index (κ3) is 3.43. The minimum absolute atomic E-state index is 0.293. The summed E-state index contributed by atoms with van der Waals surface area (Å²) in [5, 5.41) is 3.39. The van der Waals surface area contributed by atoms with Crippen molar-refractivity contribution in [2.45, 2.75) is 6.04 Å². The van der Waals surface area contributed by atoms with Crippen LogP contribution in [-0.2, 0) is 0 Å². The molecular weight excluding hydrogens is 179 g/mol. The van der Waals surface area contributed by atoms with E-state index in [1.54, 1.807) is 0 Å². The second-order valence-electron chi connectivity index (χ2n) is 2.94. The maximum Gasteiger partial charge on any atom is 0.0444 e. The van der Waals surface area contributed by atoms with Crippen molar-refractivity contribution in [3.8, 4) is 0 Å². The Morgan fingerprint density at radius 3 is 2.54 bits per heavy atom. The fourth-order valence-corrected chi connectivity index (χ4v) is 1.45. The maximum atomic E-state index is 5.68. The Labute approximate surface area is 82.1 Å². The van der Waals surface area contributed by atoms with E-state index < -0.39 is 0 Å². The van der Waals surface area contributed by atoms with Gasteiger partial charge in [0.25, 0.3) is 0 Å². The quantitative estimate of drug-likeness (QED) is 0.693. The van der Waals surface area contributed by atoms with Crippen molar-refractivity contribution in [1.29, 1.82) is 0 Å². The first-order valence-electron chi connectivity index (χ1n) is 4.57. The van der Waals surface area contributed by atoms with E-state index in [1.807, 2.05) is 18.2 Å². The molecule has 0 aliphatic carbocycles. The Hall–Kier alpha value is -0.430. The number of hydrogen-bond donors (Lipinski definition) is 2. The van der Waals surface area contributed by atoms with Crippen LogP contribution in [0.15, 0.2) is 30.3 Å². The molecular formula is C10H17N2P. The summed E-state index contributed by atoms with van der Waals surface area (Å²) < 4.78 is 0. The van der Waals surface area contributed by atoms with Gasteiger partial charge in [-0.15, -0.1) is 9.24 Å². The summed E-state index contributed by atoms with van der Waals surface area (Å²) >= 11 is 0. The topological polar surface area (TPSA) is 38.0 Å². The molecule has 0 amide bonds. The molecule has 0 heterocycles. The van der Waals surface area contributed by atoms with Gasteiger partial charge in [-0.25, -0.2) is 0 Å². The largest absolute Gasteiger partial charge is 0.329 e. The Kier molecular flexibility index (Phi) is 4.99. The summed E-state index contributed by atoms with van der Waals surface area (Å²) in [5.41, 5.74) is 6.94. The molecule has 72 valence electrons. The zero-order valence-electron chi connectivity index (χ0n) is 7.74. The van der Waals surface area contributed by atoms with Gasteiger partial charge in [0.2, 0.25) is 0 Å². The molecule has 2 nitrogen and oxygen atoms in total. The van der Waals surface area contributed by atoms with Crippen LogP contribution in [0, 0.1) is 0 Å². The summed E-state index contributed by atoms with van der Waals surface area (Å²) in [6, 6.07) is 10.6. The van der Waals surface area contributed by atoms with Gasteiger partial charge < -0.3 is 11.1 Å². The van der Waals surface area contributed by atoms with Gasteiger partial charge in [0.15, 0.2) is 0 Å². The summed E-state index contributed by atoms with van der Waals surface area (Å²) in [6.45, 7) is 1.64. The van der Waals surface area contributed by atoms with E-state index in [-0.39, 0.29) is 0 Å². The van der Waals surface area contributed by atoms with E-state index in [2.05, 4.69) is 26.7 Å². The van der Waals surface area contributed by atoms with Gasteiger partial charge in [-0.05, 0) is 18.3 Å². The Bertz CT molecular complexity index is 226. The van der Waals surface area contributed by atoms with Crippen molar-refractivity contribution in [2.75, 3.05) is 19.3 Å². The molecule has 0 aliphatic rings. The predicted octanol–water partition coefficient (Wildman–Crippen LogP) is 1.15. The second-order valence-corrected chi connectivity index (χ2v) is 3.52. The van der Waals surface area contributed by atoms with E-state index in [0.717, 1.165) is 12.7 Å². The molecule has 0 bridgehead atoms. The van der Waals surface area contributed by atoms with Crippen molar-refractivity contribution >= 4 is 9.24 Å². The van der Waals surface area contributed by atoms with Crippen LogP contribution in [0.25, 0.3) is 0 Å². The highest BCUT2D eigenvalue weighted by Crippen LogP contribution is 2.10. The summed E-state index contributed by atoms with van der Waals surface area (Å²) in [4.78, 5) is 0. The van der Waals surface area contributed by atoms with E-state index in [4.69, 9.17) is 5.73 Å². The third-order valence-electron chi connectivity index (χ3n) is 1.97. The summed E-state index contributed by atoms with van der Waals surface area (Å²) in [6.07, 6.45) is 1.06. The van der Waals surface area contributed by atoms with Crippen molar-refractivity contribution in [3.63, 3.8) is 0 Å². The van der Waals surface area contributed by atoms with Crippen LogP contribution in [0.4, 0.5) is 0 Å². The van der Waals surface area contributed by atoms with Crippen molar-refractivity contribution in [1.82, 2.24) is 5.32 Å². The van der Waals surface area contributed by atoms with E-state index in [9.17, 15) is 0 Å². The fourth-order valence-electron chi connectivity index (χ4n) is 1.28. The predicted molar refractivity (Wildman–Crippen MR) is 60.8 cm³/mol. The van der Waals surface area contributed by atoms with Crippen LogP contribution in [0.5, 0.6) is 0 Å². The molecule has 0 aromatic heterocycles. The third-order valence-corrected chi connectivity index (χ3v) is 2.26. The number of hydrogen-bond acceptors (Lipinski definition) is 2. The van der Waals surface area contributed by atoms with E-state index in [1.165, 1.54) is 5.56 Å². The standard InChI is InChI=1S/C10H17N2P/c11-8-10(12-6-7-13)9-4-2-1-3-5-9/h1-5,10,12H,6-8,11,13H2. The van der Waals surface area contributed by atoms with Crippen LogP contribution >= 0.6 is 9.24 Å². The van der Waals surface area contributed by atoms with Gasteiger partial charge >= 0.3 is 0 Å². The highest BCUT2D eigenvalue weighted by Gasteiger charge is 2.06. The normalized spacial score (nSPS) is 12.8. The lowest BCUT2D eigenvalue weighted by atomic mass is 10.1. The van der Waals surface area contributed by atoms with Gasteiger partial charge in [0.1, 0.15) is 0 Å². The molecule has 0 fully saturated rings. The zero-order valence-corrected chi connectivity index (χ0v) is 8.89. The Morgan fingerprint density at radius 1 is 1.31 bits per heavy atom. The summed E-state index contributed by atoms with van der Waals surface area (Å²) in [5.74, 6) is 0. The van der Waals surface area contributed by atoms with Gasteiger partial charge in [0.05, 0.1) is 0 Å². The highest BCUT2D eigenvalue weighted by molar-refractivity contribution is 7.16. The van der Waals surface area contributed by atoms with E-state index >= 15 is 0 Å². The number of benzene rings is 1. The minimum Gasteiger partial charge on any atom is -0.329 e. The first-order chi connectivity index (χ1) is 6.38. The Morgan fingerprint density at radius 2 is 2.00 bits per heavy atom. The molecule has 3 heteroatoms. The van der Waals surface area contributed by atoms with E-state index in [0.29, 0.717) is 12.6 Å². The first-order valence-corrected chi connectivity index (χ1v) is 5.38. The summed E-state index contributed by atoms with van der Waals surface area (Å²) in [7, 11) is 2.70. The van der Waals surface area contributed by atoms with Crippen LogP contribution in [0.2, 0.25) is 0 Å². The van der Waals surface area contributed by atoms with Gasteiger partial charge in [-0.2, -0.15) is 0 Å². The molecule has 0 radical (unpaired) electrons. The van der Waals surface area contributed by atoms with Gasteiger partial charge in [-0.1, -0.05) is 30.3 Å². The fraction of sp³-hybridized carbons (Fsp3) is 0.400. The molecule has 2 atom stereocenters. The lowest BCUT2D eigenvalue weighted by Gasteiger charge is -2.16. The number of rotatable bonds is 5. The zero-order chi connectivity index (χ0) is 9.52. The number of nitrogens with one attached hydrogen (secondary N) is 1. The van der Waals surface area contributed by atoms with Crippen molar-refractivity contribution in [2.24, 2.45) is 5.73 Å². The molecule has 13 heavy (non-hydrogen) atoms. The highest BCUT2D eigenvalue weighted by atomic mass is 31.0. The van der Waals surface area contributed by atoms with Crippen LogP contribution in [0.3, 0.4) is 0 Å². The molecule has 0 saturated heterocycles. The number of nitrogens with two attached hydrogens (primary N) is 1. The molecule has 2 unspecified atom stereocenters. The molecule has 1 aromatic rings. The lowest BCUT2D eigenvalue weighted by molar-refractivity contribution is 0.564. The molecule has 0 aliphatic heterocycles. The van der Waals surface area contributed by atoms with Gasteiger partial charge in [0, 0.05) is 12.6 Å². The van der Waals surface area contributed by atoms with Crippen molar-refractivity contribution < 1.29 is 0 Å². The minimum atomic E-state index is 0.293. The Balaban J connectivity index is 2.56. The second kappa shape index (κ2) is 6.09. The van der Waals surface area contributed by atoms with Crippen LogP contribution in [-0.4, -0.2) is 19.3 Å². The lowest BCUT2D eigenvalue weighted by Crippen LogP contribution is -2.29. The average Bonchev–Trinajstić information content (AvgIpc) is 2.21. The molecule has 0 spiro atoms. The van der Waals surface area contributed by atoms with Crippen molar-refractivity contribution in [3.05, 3.63) is 35.9 Å². The smallest absolute Gasteiger partial charge is 0.0444 e. The van der Waals surface area contributed by atoms with Crippen LogP contribution < -0.4 is 11.1 Å². The SMILES string of the molecule is NCC(NCCP)c1ccccc1.